The van der Waals surface area contributed by atoms with Crippen LogP contribution in [0.3, 0.4) is 0 Å². The number of hydrogen-bond donors (Lipinski definition) is 0. The summed E-state index contributed by atoms with van der Waals surface area (Å²) in [6, 6.07) is 4.11. The van der Waals surface area contributed by atoms with Crippen molar-refractivity contribution >= 4 is 5.82 Å². The van der Waals surface area contributed by atoms with Crippen LogP contribution in [0, 0.1) is 6.92 Å². The molecular formula is C13H23N3. The molecule has 16 heavy (non-hydrogen) atoms. The van der Waals surface area contributed by atoms with Gasteiger partial charge in [0.25, 0.3) is 0 Å². The van der Waals surface area contributed by atoms with E-state index in [0.717, 1.165) is 32.0 Å². The van der Waals surface area contributed by atoms with Gasteiger partial charge in [0, 0.05) is 25.8 Å². The summed E-state index contributed by atoms with van der Waals surface area (Å²) < 4.78 is 0. The molecule has 0 spiro atoms. The number of rotatable bonds is 6. The molecule has 1 rings (SSSR count). The van der Waals surface area contributed by atoms with Crippen LogP contribution in [0.4, 0.5) is 5.82 Å². The standard InChI is InChI=1S/C13H23N3/c1-5-15(4)10-11-16(6-2)13-12(3)8-7-9-14-13/h7-9H,5-6,10-11H2,1-4H3. The van der Waals surface area contributed by atoms with Gasteiger partial charge in [-0.25, -0.2) is 4.98 Å². The van der Waals surface area contributed by atoms with Gasteiger partial charge in [-0.2, -0.15) is 0 Å². The van der Waals surface area contributed by atoms with Crippen molar-refractivity contribution in [2.24, 2.45) is 0 Å². The third kappa shape index (κ3) is 3.49. The normalized spacial score (nSPS) is 10.8. The van der Waals surface area contributed by atoms with E-state index in [1.807, 2.05) is 12.3 Å². The van der Waals surface area contributed by atoms with Crippen molar-refractivity contribution < 1.29 is 0 Å². The van der Waals surface area contributed by atoms with E-state index in [4.69, 9.17) is 0 Å². The molecule has 1 heterocycles. The number of anilines is 1. The molecule has 0 saturated carbocycles. The Labute approximate surface area is 99.1 Å². The Bertz CT molecular complexity index is 312. The molecule has 1 aromatic heterocycles. The topological polar surface area (TPSA) is 19.4 Å². The minimum absolute atomic E-state index is 1.01. The third-order valence-corrected chi connectivity index (χ3v) is 2.95. The van der Waals surface area contributed by atoms with Crippen LogP contribution in [0.2, 0.25) is 0 Å². The molecule has 0 aromatic carbocycles. The zero-order valence-corrected chi connectivity index (χ0v) is 10.9. The molecule has 3 nitrogen and oxygen atoms in total. The van der Waals surface area contributed by atoms with Crippen LogP contribution in [0.15, 0.2) is 18.3 Å². The Morgan fingerprint density at radius 3 is 2.50 bits per heavy atom. The van der Waals surface area contributed by atoms with Crippen molar-refractivity contribution in [3.8, 4) is 0 Å². The molecule has 0 fully saturated rings. The van der Waals surface area contributed by atoms with Crippen molar-refractivity contribution in [1.29, 1.82) is 0 Å². The average Bonchev–Trinajstić information content (AvgIpc) is 2.31. The van der Waals surface area contributed by atoms with Crippen molar-refractivity contribution in [2.45, 2.75) is 20.8 Å². The van der Waals surface area contributed by atoms with Crippen LogP contribution in [0.1, 0.15) is 19.4 Å². The second-order valence-electron chi connectivity index (χ2n) is 4.12. The van der Waals surface area contributed by atoms with E-state index in [2.05, 4.69) is 48.7 Å². The lowest BCUT2D eigenvalue weighted by Gasteiger charge is -2.25. The monoisotopic (exact) mass is 221 g/mol. The fourth-order valence-electron chi connectivity index (χ4n) is 1.67. The minimum Gasteiger partial charge on any atom is -0.355 e. The lowest BCUT2D eigenvalue weighted by molar-refractivity contribution is 0.358. The second-order valence-corrected chi connectivity index (χ2v) is 4.12. The van der Waals surface area contributed by atoms with E-state index >= 15 is 0 Å². The maximum atomic E-state index is 4.46. The first kappa shape index (κ1) is 13.0. The highest BCUT2D eigenvalue weighted by molar-refractivity contribution is 5.45. The van der Waals surface area contributed by atoms with Crippen LogP contribution in [-0.2, 0) is 0 Å². The Morgan fingerprint density at radius 2 is 1.94 bits per heavy atom. The van der Waals surface area contributed by atoms with E-state index in [1.165, 1.54) is 5.56 Å². The summed E-state index contributed by atoms with van der Waals surface area (Å²) in [4.78, 5) is 9.12. The first-order valence-corrected chi connectivity index (χ1v) is 6.04. The lowest BCUT2D eigenvalue weighted by atomic mass is 10.2. The van der Waals surface area contributed by atoms with Crippen LogP contribution in [0.5, 0.6) is 0 Å². The summed E-state index contributed by atoms with van der Waals surface area (Å²) in [5, 5.41) is 0. The van der Waals surface area contributed by atoms with Crippen molar-refractivity contribution in [1.82, 2.24) is 9.88 Å². The maximum Gasteiger partial charge on any atom is 0.131 e. The first-order valence-electron chi connectivity index (χ1n) is 6.04. The first-order chi connectivity index (χ1) is 7.69. The summed E-state index contributed by atoms with van der Waals surface area (Å²) in [5.74, 6) is 1.12. The van der Waals surface area contributed by atoms with E-state index < -0.39 is 0 Å². The highest BCUT2D eigenvalue weighted by atomic mass is 15.2. The Kier molecular flexibility index (Phi) is 5.26. The molecule has 0 unspecified atom stereocenters. The van der Waals surface area contributed by atoms with Gasteiger partial charge in [-0.05, 0) is 39.1 Å². The number of nitrogens with zero attached hydrogens (tertiary/aromatic N) is 3. The molecule has 0 bridgehead atoms. The van der Waals surface area contributed by atoms with E-state index in [1.54, 1.807) is 0 Å². The summed E-state index contributed by atoms with van der Waals surface area (Å²) in [7, 11) is 2.15. The molecule has 0 atom stereocenters. The van der Waals surface area contributed by atoms with Crippen molar-refractivity contribution in [2.75, 3.05) is 38.1 Å². The van der Waals surface area contributed by atoms with Crippen LogP contribution in [-0.4, -0.2) is 43.1 Å². The summed E-state index contributed by atoms with van der Waals surface area (Å²) in [6.07, 6.45) is 1.87. The Hall–Kier alpha value is -1.09. The van der Waals surface area contributed by atoms with Crippen molar-refractivity contribution in [3.05, 3.63) is 23.9 Å². The number of hydrogen-bond acceptors (Lipinski definition) is 3. The van der Waals surface area contributed by atoms with Gasteiger partial charge in [0.05, 0.1) is 0 Å². The average molecular weight is 221 g/mol. The molecule has 0 aliphatic carbocycles. The molecule has 0 N–H and O–H groups in total. The predicted molar refractivity (Wildman–Crippen MR) is 70.0 cm³/mol. The molecule has 3 heteroatoms. The van der Waals surface area contributed by atoms with E-state index in [-0.39, 0.29) is 0 Å². The lowest BCUT2D eigenvalue weighted by Crippen LogP contribution is -2.34. The molecule has 90 valence electrons. The van der Waals surface area contributed by atoms with Gasteiger partial charge in [-0.15, -0.1) is 0 Å². The smallest absolute Gasteiger partial charge is 0.131 e. The molecular weight excluding hydrogens is 198 g/mol. The van der Waals surface area contributed by atoms with Crippen LogP contribution in [0.25, 0.3) is 0 Å². The van der Waals surface area contributed by atoms with Gasteiger partial charge in [-0.1, -0.05) is 13.0 Å². The molecule has 0 radical (unpaired) electrons. The number of aromatic nitrogens is 1. The van der Waals surface area contributed by atoms with E-state index in [0.29, 0.717) is 0 Å². The minimum atomic E-state index is 1.01. The summed E-state index contributed by atoms with van der Waals surface area (Å²) >= 11 is 0. The van der Waals surface area contributed by atoms with Crippen LogP contribution >= 0.6 is 0 Å². The molecule has 0 aliphatic rings. The highest BCUT2D eigenvalue weighted by Gasteiger charge is 2.08. The van der Waals surface area contributed by atoms with Gasteiger partial charge in [0.1, 0.15) is 5.82 Å². The number of pyridine rings is 1. The number of aryl methyl sites for hydroxylation is 1. The quantitative estimate of drug-likeness (QED) is 0.734. The zero-order chi connectivity index (χ0) is 12.0. The SMILES string of the molecule is CCN(C)CCN(CC)c1ncccc1C. The predicted octanol–water partition coefficient (Wildman–Crippen LogP) is 2.17. The molecule has 0 amide bonds. The zero-order valence-electron chi connectivity index (χ0n) is 10.9. The third-order valence-electron chi connectivity index (χ3n) is 2.95. The Balaban J connectivity index is 2.64. The van der Waals surface area contributed by atoms with Crippen molar-refractivity contribution in [3.63, 3.8) is 0 Å². The van der Waals surface area contributed by atoms with Gasteiger partial charge < -0.3 is 9.80 Å². The van der Waals surface area contributed by atoms with Crippen LogP contribution < -0.4 is 4.90 Å². The fraction of sp³-hybridized carbons (Fsp3) is 0.615. The Morgan fingerprint density at radius 1 is 1.19 bits per heavy atom. The highest BCUT2D eigenvalue weighted by Crippen LogP contribution is 2.15. The largest absolute Gasteiger partial charge is 0.355 e. The van der Waals surface area contributed by atoms with Gasteiger partial charge in [0.2, 0.25) is 0 Å². The maximum absolute atomic E-state index is 4.46. The molecule has 0 aliphatic heterocycles. The molecule has 0 saturated heterocycles. The van der Waals surface area contributed by atoms with Gasteiger partial charge in [0.15, 0.2) is 0 Å². The second kappa shape index (κ2) is 6.48. The van der Waals surface area contributed by atoms with Gasteiger partial charge >= 0.3 is 0 Å². The van der Waals surface area contributed by atoms with Gasteiger partial charge in [-0.3, -0.25) is 0 Å². The fourth-order valence-corrected chi connectivity index (χ4v) is 1.67. The molecule has 1 aromatic rings. The van der Waals surface area contributed by atoms with E-state index in [9.17, 15) is 0 Å². The summed E-state index contributed by atoms with van der Waals surface area (Å²) in [5.41, 5.74) is 1.25. The number of likely N-dealkylation sites (N-methyl/N-ethyl adjacent to an activating group) is 2. The summed E-state index contributed by atoms with van der Waals surface area (Å²) in [6.45, 7) is 10.7.